The Labute approximate surface area is 123 Å². The number of amides is 1. The zero-order valence-electron chi connectivity index (χ0n) is 11.8. The lowest BCUT2D eigenvalue weighted by Crippen LogP contribution is -2.43. The van der Waals surface area contributed by atoms with Gasteiger partial charge in [-0.05, 0) is 30.2 Å². The van der Waals surface area contributed by atoms with Gasteiger partial charge >= 0.3 is 0 Å². The van der Waals surface area contributed by atoms with Gasteiger partial charge in [0, 0.05) is 0 Å². The summed E-state index contributed by atoms with van der Waals surface area (Å²) in [5.41, 5.74) is 2.68. The number of benzene rings is 2. The molecule has 21 heavy (non-hydrogen) atoms. The molecule has 1 heterocycles. The minimum absolute atomic E-state index is 0.0244. The topological polar surface area (TPSA) is 49.8 Å². The van der Waals surface area contributed by atoms with Gasteiger partial charge in [0.2, 0.25) is 0 Å². The Hall–Kier alpha value is -2.33. The summed E-state index contributed by atoms with van der Waals surface area (Å²) >= 11 is 0. The second-order valence-electron chi connectivity index (χ2n) is 5.13. The van der Waals surface area contributed by atoms with E-state index in [0.717, 1.165) is 22.6 Å². The number of ether oxygens (including phenoxy) is 1. The van der Waals surface area contributed by atoms with Crippen molar-refractivity contribution in [2.45, 2.75) is 26.2 Å². The smallest absolute Gasteiger partial charge is 0.268 e. The van der Waals surface area contributed by atoms with Crippen LogP contribution in [0.25, 0.3) is 0 Å². The fourth-order valence-electron chi connectivity index (χ4n) is 2.45. The van der Waals surface area contributed by atoms with Gasteiger partial charge in [-0.25, -0.2) is 0 Å². The highest BCUT2D eigenvalue weighted by atomic mass is 16.5. The summed E-state index contributed by atoms with van der Waals surface area (Å²) in [7, 11) is 0. The van der Waals surface area contributed by atoms with E-state index in [2.05, 4.69) is 0 Å². The number of hydrogen-bond acceptors (Lipinski definition) is 3. The minimum Gasteiger partial charge on any atom is -0.479 e. The lowest BCUT2D eigenvalue weighted by molar-refractivity contribution is -0.125. The number of para-hydroxylation sites is 2. The van der Waals surface area contributed by atoms with Crippen LogP contribution in [0.2, 0.25) is 0 Å². The quantitative estimate of drug-likeness (QED) is 0.941. The van der Waals surface area contributed by atoms with Crippen LogP contribution >= 0.6 is 0 Å². The molecule has 0 saturated carbocycles. The molecule has 1 amide bonds. The maximum Gasteiger partial charge on any atom is 0.268 e. The van der Waals surface area contributed by atoms with E-state index in [1.165, 1.54) is 0 Å². The van der Waals surface area contributed by atoms with Gasteiger partial charge in [-0.2, -0.15) is 0 Å². The molecular weight excluding hydrogens is 266 g/mol. The molecule has 4 nitrogen and oxygen atoms in total. The first-order valence-corrected chi connectivity index (χ1v) is 6.95. The van der Waals surface area contributed by atoms with E-state index >= 15 is 0 Å². The Kier molecular flexibility index (Phi) is 3.62. The molecule has 2 aromatic carbocycles. The molecule has 0 aliphatic carbocycles. The Balaban J connectivity index is 1.90. The summed E-state index contributed by atoms with van der Waals surface area (Å²) in [5.74, 6) is 0.691. The number of hydrogen-bond donors (Lipinski definition) is 1. The van der Waals surface area contributed by atoms with Crippen LogP contribution in [0.15, 0.2) is 48.5 Å². The van der Waals surface area contributed by atoms with Crippen molar-refractivity contribution in [2.24, 2.45) is 0 Å². The van der Waals surface area contributed by atoms with Crippen LogP contribution in [0.3, 0.4) is 0 Å². The van der Waals surface area contributed by atoms with E-state index in [-0.39, 0.29) is 12.5 Å². The lowest BCUT2D eigenvalue weighted by Gasteiger charge is -2.33. The maximum atomic E-state index is 12.4. The largest absolute Gasteiger partial charge is 0.479 e. The Morgan fingerprint density at radius 2 is 1.76 bits per heavy atom. The van der Waals surface area contributed by atoms with Gasteiger partial charge in [0.15, 0.2) is 6.10 Å². The van der Waals surface area contributed by atoms with E-state index in [4.69, 9.17) is 9.84 Å². The molecule has 2 aromatic rings. The summed E-state index contributed by atoms with van der Waals surface area (Å²) in [6.07, 6.45) is -0.475. The normalized spacial score (nSPS) is 17.3. The van der Waals surface area contributed by atoms with Gasteiger partial charge in [-0.1, -0.05) is 36.4 Å². The van der Waals surface area contributed by atoms with E-state index in [1.807, 2.05) is 48.5 Å². The third-order valence-electron chi connectivity index (χ3n) is 3.62. The van der Waals surface area contributed by atoms with Crippen LogP contribution in [-0.4, -0.2) is 17.1 Å². The summed E-state index contributed by atoms with van der Waals surface area (Å²) in [5, 5.41) is 9.08. The standard InChI is InChI=1S/C17H17NO3/c1-12-17(20)18(15-4-2-3-5-16(15)21-12)10-13-6-8-14(11-19)9-7-13/h2-9,12,19H,10-11H2,1H3. The average Bonchev–Trinajstić information content (AvgIpc) is 2.52. The molecule has 0 fully saturated rings. The van der Waals surface area contributed by atoms with Crippen molar-refractivity contribution >= 4 is 11.6 Å². The summed E-state index contributed by atoms with van der Waals surface area (Å²) in [6.45, 7) is 2.28. The minimum atomic E-state index is -0.475. The SMILES string of the molecule is CC1Oc2ccccc2N(Cc2ccc(CO)cc2)C1=O. The molecule has 1 unspecified atom stereocenters. The molecule has 3 rings (SSSR count). The van der Waals surface area contributed by atoms with Crippen molar-refractivity contribution in [3.05, 3.63) is 59.7 Å². The lowest BCUT2D eigenvalue weighted by atomic mass is 10.1. The molecule has 108 valence electrons. The van der Waals surface area contributed by atoms with Gasteiger partial charge < -0.3 is 14.7 Å². The predicted molar refractivity (Wildman–Crippen MR) is 80.1 cm³/mol. The van der Waals surface area contributed by atoms with Crippen molar-refractivity contribution < 1.29 is 14.6 Å². The second kappa shape index (κ2) is 5.58. The van der Waals surface area contributed by atoms with E-state index in [1.54, 1.807) is 11.8 Å². The molecule has 1 aliphatic heterocycles. The molecular formula is C17H17NO3. The molecule has 1 atom stereocenters. The van der Waals surface area contributed by atoms with Crippen molar-refractivity contribution in [1.82, 2.24) is 0 Å². The van der Waals surface area contributed by atoms with E-state index < -0.39 is 6.10 Å². The predicted octanol–water partition coefficient (Wildman–Crippen LogP) is 2.49. The second-order valence-corrected chi connectivity index (χ2v) is 5.13. The Morgan fingerprint density at radius 3 is 2.48 bits per heavy atom. The molecule has 0 saturated heterocycles. The number of carbonyl (C=O) groups excluding carboxylic acids is 1. The molecule has 4 heteroatoms. The van der Waals surface area contributed by atoms with Gasteiger partial charge in [0.1, 0.15) is 5.75 Å². The first kappa shape index (κ1) is 13.6. The number of aliphatic hydroxyl groups excluding tert-OH is 1. The van der Waals surface area contributed by atoms with E-state index in [0.29, 0.717) is 6.54 Å². The highest BCUT2D eigenvalue weighted by Gasteiger charge is 2.31. The Bertz CT molecular complexity index is 651. The van der Waals surface area contributed by atoms with Crippen molar-refractivity contribution in [3.63, 3.8) is 0 Å². The van der Waals surface area contributed by atoms with Crippen LogP contribution in [0.4, 0.5) is 5.69 Å². The average molecular weight is 283 g/mol. The maximum absolute atomic E-state index is 12.4. The van der Waals surface area contributed by atoms with Crippen molar-refractivity contribution in [3.8, 4) is 5.75 Å². The molecule has 1 N–H and O–H groups in total. The number of rotatable bonds is 3. The summed E-state index contributed by atoms with van der Waals surface area (Å²) in [6, 6.07) is 15.2. The number of carbonyl (C=O) groups is 1. The monoisotopic (exact) mass is 283 g/mol. The zero-order chi connectivity index (χ0) is 14.8. The van der Waals surface area contributed by atoms with Gasteiger partial charge in [-0.15, -0.1) is 0 Å². The zero-order valence-corrected chi connectivity index (χ0v) is 11.8. The first-order chi connectivity index (χ1) is 10.2. The van der Waals surface area contributed by atoms with Crippen LogP contribution in [0.5, 0.6) is 5.75 Å². The highest BCUT2D eigenvalue weighted by Crippen LogP contribution is 2.34. The fourth-order valence-corrected chi connectivity index (χ4v) is 2.45. The van der Waals surface area contributed by atoms with Gasteiger partial charge in [0.25, 0.3) is 5.91 Å². The van der Waals surface area contributed by atoms with Crippen molar-refractivity contribution in [1.29, 1.82) is 0 Å². The van der Waals surface area contributed by atoms with Crippen LogP contribution in [0, 0.1) is 0 Å². The Morgan fingerprint density at radius 1 is 1.10 bits per heavy atom. The van der Waals surface area contributed by atoms with Gasteiger partial charge in [-0.3, -0.25) is 4.79 Å². The van der Waals surface area contributed by atoms with Crippen LogP contribution < -0.4 is 9.64 Å². The summed E-state index contributed by atoms with van der Waals surface area (Å²) < 4.78 is 5.62. The third kappa shape index (κ3) is 2.62. The highest BCUT2D eigenvalue weighted by molar-refractivity contribution is 5.99. The third-order valence-corrected chi connectivity index (χ3v) is 3.62. The number of nitrogens with zero attached hydrogens (tertiary/aromatic N) is 1. The van der Waals surface area contributed by atoms with Crippen LogP contribution in [-0.2, 0) is 17.9 Å². The van der Waals surface area contributed by atoms with Crippen LogP contribution in [0.1, 0.15) is 18.1 Å². The molecule has 1 aliphatic rings. The number of aliphatic hydroxyl groups is 1. The van der Waals surface area contributed by atoms with Gasteiger partial charge in [0.05, 0.1) is 18.8 Å². The first-order valence-electron chi connectivity index (χ1n) is 6.95. The number of fused-ring (bicyclic) bond motifs is 1. The van der Waals surface area contributed by atoms with E-state index in [9.17, 15) is 4.79 Å². The van der Waals surface area contributed by atoms with Crippen molar-refractivity contribution in [2.75, 3.05) is 4.90 Å². The molecule has 0 aromatic heterocycles. The number of anilines is 1. The fraction of sp³-hybridized carbons (Fsp3) is 0.235. The molecule has 0 radical (unpaired) electrons. The molecule has 0 spiro atoms. The summed E-state index contributed by atoms with van der Waals surface area (Å²) in [4.78, 5) is 14.1. The molecule has 0 bridgehead atoms.